The van der Waals surface area contributed by atoms with Crippen LogP contribution in [0.1, 0.15) is 19.3 Å². The van der Waals surface area contributed by atoms with Crippen molar-refractivity contribution >= 4 is 67.7 Å². The minimum atomic E-state index is -2.54. The van der Waals surface area contributed by atoms with Gasteiger partial charge in [-0.25, -0.2) is 0 Å². The molecule has 0 bridgehead atoms. The van der Waals surface area contributed by atoms with Crippen molar-refractivity contribution in [2.24, 2.45) is 11.5 Å². The van der Waals surface area contributed by atoms with Crippen LogP contribution in [0, 0.1) is 0 Å². The summed E-state index contributed by atoms with van der Waals surface area (Å²) in [6, 6.07) is 3.55. The Hall–Kier alpha value is 1.34. The van der Waals surface area contributed by atoms with Crippen molar-refractivity contribution in [3.05, 3.63) is 0 Å². The SMILES string of the molecule is C[Si](C)(CCCN)O[Si](C)(C)O[Si](C)(C)CCCN.C[Si](C)(O)O[Si](C)(C)O[Si](C)(C)O.C[Si]1(C)CCCN[Si](C)(C)O1. The van der Waals surface area contributed by atoms with Crippen LogP contribution in [0.4, 0.5) is 0 Å². The zero-order valence-electron chi connectivity index (χ0n) is 31.0. The molecule has 0 aromatic heterocycles. The van der Waals surface area contributed by atoms with Gasteiger partial charge in [0.2, 0.25) is 0 Å². The summed E-state index contributed by atoms with van der Waals surface area (Å²) in [4.78, 5) is 22.6. The topological polar surface area (TPSA) is 151 Å². The second-order valence-electron chi connectivity index (χ2n) is 15.8. The summed E-state index contributed by atoms with van der Waals surface area (Å²) in [6.45, 7) is 35.7. The van der Waals surface area contributed by atoms with E-state index in [9.17, 15) is 9.59 Å². The normalized spacial score (nSPS) is 18.1. The molecule has 0 atom stereocenters. The highest BCUT2D eigenvalue weighted by Gasteiger charge is 2.40. The van der Waals surface area contributed by atoms with Gasteiger partial charge in [0, 0.05) is 0 Å². The first-order valence-electron chi connectivity index (χ1n) is 16.0. The van der Waals surface area contributed by atoms with Gasteiger partial charge in [0.25, 0.3) is 8.48 Å². The molecule has 18 heteroatoms. The van der Waals surface area contributed by atoms with Gasteiger partial charge in [0.1, 0.15) is 0 Å². The van der Waals surface area contributed by atoms with Gasteiger partial charge < -0.3 is 46.6 Å². The molecular formula is C25H73N3O7Si8. The molecule has 10 nitrogen and oxygen atoms in total. The lowest BCUT2D eigenvalue weighted by atomic mass is 10.5. The largest absolute Gasteiger partial charge is 0.445 e. The van der Waals surface area contributed by atoms with E-state index in [1.807, 2.05) is 13.1 Å². The quantitative estimate of drug-likeness (QED) is 0.137. The standard InChI is InChI=1S/C12H34N2O2Si3.C7H19NOSi2.C6H20O4Si3/c1-17(2,11-7-9-13)15-19(5,6)16-18(3,4)12-8-10-14;1-10(2)7-5-6-8-11(3,4)9-10;1-11(2,7)9-13(5,6)10-12(3,4)8/h7-14H2,1-6H3;8H,5-7H2,1-4H3;7-8H,1-6H3. The minimum Gasteiger partial charge on any atom is -0.445 e. The van der Waals surface area contributed by atoms with E-state index >= 15 is 0 Å². The van der Waals surface area contributed by atoms with Gasteiger partial charge in [0.15, 0.2) is 25.0 Å². The van der Waals surface area contributed by atoms with Crippen molar-refractivity contribution in [2.45, 2.75) is 142 Å². The molecule has 0 radical (unpaired) electrons. The molecule has 0 aromatic rings. The highest BCUT2D eigenvalue weighted by Crippen LogP contribution is 2.26. The molecule has 0 amide bonds. The van der Waals surface area contributed by atoms with Gasteiger partial charge in [-0.1, -0.05) is 0 Å². The van der Waals surface area contributed by atoms with Crippen LogP contribution in [0.3, 0.4) is 0 Å². The summed E-state index contributed by atoms with van der Waals surface area (Å²) in [7, 11) is -15.5. The molecule has 0 aliphatic carbocycles. The third kappa shape index (κ3) is 29.2. The fraction of sp³-hybridized carbons (Fsp3) is 1.00. The molecular weight excluding hydrogens is 679 g/mol. The Labute approximate surface area is 274 Å². The van der Waals surface area contributed by atoms with Crippen molar-refractivity contribution in [3.63, 3.8) is 0 Å². The fourth-order valence-electron chi connectivity index (χ4n) is 5.41. The van der Waals surface area contributed by atoms with Crippen LogP contribution in [0.2, 0.25) is 123 Å². The van der Waals surface area contributed by atoms with E-state index in [0.29, 0.717) is 0 Å². The predicted octanol–water partition coefficient (Wildman–Crippen LogP) is 5.84. The van der Waals surface area contributed by atoms with Crippen molar-refractivity contribution in [2.75, 3.05) is 19.6 Å². The van der Waals surface area contributed by atoms with Crippen LogP contribution < -0.4 is 16.4 Å². The molecule has 0 aromatic carbocycles. The zero-order chi connectivity index (χ0) is 34.6. The number of nitrogens with two attached hydrogens (primary N) is 2. The molecule has 1 aliphatic heterocycles. The Morgan fingerprint density at radius 1 is 0.651 bits per heavy atom. The lowest BCUT2D eigenvalue weighted by Crippen LogP contribution is -2.52. The minimum absolute atomic E-state index is 0.749. The van der Waals surface area contributed by atoms with E-state index in [4.69, 9.17) is 32.0 Å². The smallest absolute Gasteiger partial charge is 0.320 e. The van der Waals surface area contributed by atoms with Crippen LogP contribution in [0.5, 0.6) is 0 Å². The third-order valence-corrected chi connectivity index (χ3v) is 32.3. The van der Waals surface area contributed by atoms with Gasteiger partial charge >= 0.3 is 34.2 Å². The molecule has 7 N–H and O–H groups in total. The molecule has 0 spiro atoms. The van der Waals surface area contributed by atoms with Gasteiger partial charge in [-0.05, 0) is 162 Å². The summed E-state index contributed by atoms with van der Waals surface area (Å²) < 4.78 is 30.0. The summed E-state index contributed by atoms with van der Waals surface area (Å²) in [5.74, 6) is 0. The van der Waals surface area contributed by atoms with Crippen LogP contribution in [-0.2, 0) is 20.6 Å². The maximum atomic E-state index is 9.56. The molecule has 1 heterocycles. The van der Waals surface area contributed by atoms with Gasteiger partial charge in [-0.3, -0.25) is 0 Å². The Kier molecular flexibility index (Phi) is 20.3. The van der Waals surface area contributed by atoms with Gasteiger partial charge in [0.05, 0.1) is 0 Å². The van der Waals surface area contributed by atoms with E-state index in [-0.39, 0.29) is 0 Å². The van der Waals surface area contributed by atoms with E-state index < -0.39 is 67.7 Å². The molecule has 43 heavy (non-hydrogen) atoms. The summed E-state index contributed by atoms with van der Waals surface area (Å²) in [5, 5.41) is 0. The third-order valence-electron chi connectivity index (χ3n) is 6.04. The van der Waals surface area contributed by atoms with Crippen LogP contribution >= 0.6 is 0 Å². The van der Waals surface area contributed by atoms with Crippen molar-refractivity contribution in [1.29, 1.82) is 0 Å². The summed E-state index contributed by atoms with van der Waals surface area (Å²) in [6.07, 6.45) is 3.41. The Morgan fingerprint density at radius 2 is 1.00 bits per heavy atom. The second-order valence-corrected chi connectivity index (χ2v) is 46.7. The van der Waals surface area contributed by atoms with E-state index in [1.54, 1.807) is 26.2 Å². The average molecular weight is 753 g/mol. The fourth-order valence-corrected chi connectivity index (χ4v) is 37.7. The van der Waals surface area contributed by atoms with Crippen LogP contribution in [-0.4, -0.2) is 96.9 Å². The van der Waals surface area contributed by atoms with Crippen LogP contribution in [0.25, 0.3) is 0 Å². The molecule has 1 rings (SSSR count). The first-order valence-corrected chi connectivity index (χ1v) is 39.6. The maximum Gasteiger partial charge on any atom is 0.320 e. The molecule has 0 unspecified atom stereocenters. The lowest BCUT2D eigenvalue weighted by molar-refractivity contribution is 0.294. The molecule has 262 valence electrons. The van der Waals surface area contributed by atoms with Crippen molar-refractivity contribution in [1.82, 2.24) is 4.98 Å². The molecule has 0 saturated carbocycles. The van der Waals surface area contributed by atoms with Crippen molar-refractivity contribution in [3.8, 4) is 0 Å². The predicted molar refractivity (Wildman–Crippen MR) is 204 cm³/mol. The van der Waals surface area contributed by atoms with Gasteiger partial charge in [-0.15, -0.1) is 0 Å². The van der Waals surface area contributed by atoms with E-state index in [1.165, 1.54) is 12.5 Å². The zero-order valence-corrected chi connectivity index (χ0v) is 39.0. The summed E-state index contributed by atoms with van der Waals surface area (Å²) >= 11 is 0. The monoisotopic (exact) mass is 751 g/mol. The molecule has 1 saturated heterocycles. The van der Waals surface area contributed by atoms with Crippen molar-refractivity contribution < 1.29 is 30.2 Å². The first kappa shape index (κ1) is 46.5. The Bertz CT molecular complexity index is 721. The highest BCUT2D eigenvalue weighted by atomic mass is 28.5. The Balaban J connectivity index is 0. The van der Waals surface area contributed by atoms with Gasteiger partial charge in [-0.2, -0.15) is 0 Å². The number of hydrogen-bond donors (Lipinski definition) is 5. The van der Waals surface area contributed by atoms with E-state index in [0.717, 1.165) is 44.6 Å². The lowest BCUT2D eigenvalue weighted by Gasteiger charge is -2.38. The van der Waals surface area contributed by atoms with E-state index in [2.05, 4.69) is 70.5 Å². The first-order chi connectivity index (χ1) is 18.9. The average Bonchev–Trinajstić information content (AvgIpc) is 2.81. The summed E-state index contributed by atoms with van der Waals surface area (Å²) in [5.41, 5.74) is 11.2. The van der Waals surface area contributed by atoms with Crippen LogP contribution in [0.15, 0.2) is 0 Å². The second kappa shape index (κ2) is 18.8. The molecule has 1 aliphatic rings. The Morgan fingerprint density at radius 3 is 1.33 bits per heavy atom. The maximum absolute atomic E-state index is 9.56. The number of hydrogen-bond acceptors (Lipinski definition) is 10. The number of nitrogens with one attached hydrogen (secondary N) is 1. The number of rotatable bonds is 14. The highest BCUT2D eigenvalue weighted by molar-refractivity contribution is 6.88. The molecule has 1 fully saturated rings.